The monoisotopic (exact) mass is 210 g/mol. The topological polar surface area (TPSA) is 78.4 Å². The molecule has 0 spiro atoms. The van der Waals surface area contributed by atoms with Crippen molar-refractivity contribution in [2.75, 3.05) is 7.11 Å². The molecule has 0 bridgehead atoms. The lowest BCUT2D eigenvalue weighted by molar-refractivity contribution is -0.385. The van der Waals surface area contributed by atoms with Crippen molar-refractivity contribution in [3.05, 3.63) is 33.9 Å². The van der Waals surface area contributed by atoms with Gasteiger partial charge in [0.15, 0.2) is 5.75 Å². The van der Waals surface area contributed by atoms with Gasteiger partial charge in [0.1, 0.15) is 0 Å². The van der Waals surface area contributed by atoms with Crippen LogP contribution in [0.4, 0.5) is 5.69 Å². The SMILES string of the molecule is COc1cc(C(C)(C)N)ccc1[N+](=O)[O-]. The molecule has 1 aromatic rings. The van der Waals surface area contributed by atoms with Crippen LogP contribution in [-0.2, 0) is 5.54 Å². The number of hydrogen-bond acceptors (Lipinski definition) is 4. The van der Waals surface area contributed by atoms with Crippen LogP contribution in [0, 0.1) is 10.1 Å². The summed E-state index contributed by atoms with van der Waals surface area (Å²) in [5.41, 5.74) is 6.09. The Hall–Kier alpha value is -1.62. The molecular weight excluding hydrogens is 196 g/mol. The van der Waals surface area contributed by atoms with Gasteiger partial charge in [0.25, 0.3) is 0 Å². The Morgan fingerprint density at radius 3 is 2.47 bits per heavy atom. The third-order valence-corrected chi connectivity index (χ3v) is 2.12. The van der Waals surface area contributed by atoms with E-state index in [1.165, 1.54) is 13.2 Å². The van der Waals surface area contributed by atoms with Gasteiger partial charge in [-0.05, 0) is 25.5 Å². The summed E-state index contributed by atoms with van der Waals surface area (Å²) in [5, 5.41) is 10.6. The number of benzene rings is 1. The van der Waals surface area contributed by atoms with Crippen molar-refractivity contribution >= 4 is 5.69 Å². The Kier molecular flexibility index (Phi) is 2.95. The van der Waals surface area contributed by atoms with E-state index in [1.807, 2.05) is 13.8 Å². The second-order valence-corrected chi connectivity index (χ2v) is 3.87. The number of nitrogens with zero attached hydrogens (tertiary/aromatic N) is 1. The predicted molar refractivity (Wildman–Crippen MR) is 56.9 cm³/mol. The Balaban J connectivity index is 3.25. The number of nitro groups is 1. The molecule has 0 aromatic heterocycles. The van der Waals surface area contributed by atoms with E-state index < -0.39 is 10.5 Å². The highest BCUT2D eigenvalue weighted by atomic mass is 16.6. The van der Waals surface area contributed by atoms with Crippen LogP contribution in [0.1, 0.15) is 19.4 Å². The predicted octanol–water partition coefficient (Wildman–Crippen LogP) is 1.80. The highest BCUT2D eigenvalue weighted by Gasteiger charge is 2.20. The largest absolute Gasteiger partial charge is 0.490 e. The first-order chi connectivity index (χ1) is 6.86. The number of nitro benzene ring substituents is 1. The van der Waals surface area contributed by atoms with Gasteiger partial charge in [-0.25, -0.2) is 0 Å². The smallest absolute Gasteiger partial charge is 0.310 e. The van der Waals surface area contributed by atoms with Crippen LogP contribution >= 0.6 is 0 Å². The molecule has 1 aromatic carbocycles. The summed E-state index contributed by atoms with van der Waals surface area (Å²) in [4.78, 5) is 10.2. The standard InChI is InChI=1S/C10H14N2O3/c1-10(2,11)7-4-5-8(12(13)14)9(6-7)15-3/h4-6H,11H2,1-3H3. The molecular formula is C10H14N2O3. The molecule has 0 saturated heterocycles. The molecule has 2 N–H and O–H groups in total. The third-order valence-electron chi connectivity index (χ3n) is 2.12. The van der Waals surface area contributed by atoms with Gasteiger partial charge in [0.05, 0.1) is 12.0 Å². The molecule has 0 heterocycles. The fourth-order valence-electron chi connectivity index (χ4n) is 1.23. The molecule has 0 aliphatic carbocycles. The molecule has 82 valence electrons. The van der Waals surface area contributed by atoms with Gasteiger partial charge in [0.2, 0.25) is 0 Å². The normalized spacial score (nSPS) is 11.2. The van der Waals surface area contributed by atoms with Crippen LogP contribution in [0.3, 0.4) is 0 Å². The summed E-state index contributed by atoms with van der Waals surface area (Å²) in [5.74, 6) is 0.232. The first-order valence-electron chi connectivity index (χ1n) is 4.48. The van der Waals surface area contributed by atoms with Gasteiger partial charge in [-0.2, -0.15) is 0 Å². The quantitative estimate of drug-likeness (QED) is 0.609. The summed E-state index contributed by atoms with van der Waals surface area (Å²) in [6.45, 7) is 3.65. The van der Waals surface area contributed by atoms with Crippen molar-refractivity contribution in [1.29, 1.82) is 0 Å². The minimum absolute atomic E-state index is 0.0505. The maximum Gasteiger partial charge on any atom is 0.310 e. The fraction of sp³-hybridized carbons (Fsp3) is 0.400. The average molecular weight is 210 g/mol. The number of rotatable bonds is 3. The van der Waals surface area contributed by atoms with Gasteiger partial charge in [0, 0.05) is 11.6 Å². The molecule has 5 nitrogen and oxygen atoms in total. The van der Waals surface area contributed by atoms with Crippen LogP contribution in [0.25, 0.3) is 0 Å². The van der Waals surface area contributed by atoms with E-state index in [9.17, 15) is 10.1 Å². The molecule has 0 atom stereocenters. The third kappa shape index (κ3) is 2.44. The highest BCUT2D eigenvalue weighted by molar-refractivity contribution is 5.49. The minimum Gasteiger partial charge on any atom is -0.490 e. The van der Waals surface area contributed by atoms with Crippen molar-refractivity contribution in [1.82, 2.24) is 0 Å². The van der Waals surface area contributed by atoms with Gasteiger partial charge in [-0.1, -0.05) is 6.07 Å². The van der Waals surface area contributed by atoms with Gasteiger partial charge < -0.3 is 10.5 Å². The Bertz CT molecular complexity index is 383. The second-order valence-electron chi connectivity index (χ2n) is 3.87. The zero-order valence-electron chi connectivity index (χ0n) is 8.98. The summed E-state index contributed by atoms with van der Waals surface area (Å²) < 4.78 is 4.95. The van der Waals surface area contributed by atoms with Crippen LogP contribution < -0.4 is 10.5 Å². The number of methoxy groups -OCH3 is 1. The van der Waals surface area contributed by atoms with Crippen LogP contribution in [0.15, 0.2) is 18.2 Å². The van der Waals surface area contributed by atoms with E-state index in [4.69, 9.17) is 10.5 Å². The van der Waals surface area contributed by atoms with E-state index >= 15 is 0 Å². The van der Waals surface area contributed by atoms with Crippen molar-refractivity contribution in [3.8, 4) is 5.75 Å². The van der Waals surface area contributed by atoms with Crippen molar-refractivity contribution in [3.63, 3.8) is 0 Å². The molecule has 15 heavy (non-hydrogen) atoms. The van der Waals surface area contributed by atoms with Crippen LogP contribution in [0.5, 0.6) is 5.75 Å². The lowest BCUT2D eigenvalue weighted by Crippen LogP contribution is -2.28. The fourth-order valence-corrected chi connectivity index (χ4v) is 1.23. The summed E-state index contributed by atoms with van der Waals surface area (Å²) in [7, 11) is 1.40. The van der Waals surface area contributed by atoms with E-state index in [1.54, 1.807) is 12.1 Å². The molecule has 0 fully saturated rings. The maximum atomic E-state index is 10.6. The lowest BCUT2D eigenvalue weighted by Gasteiger charge is -2.19. The van der Waals surface area contributed by atoms with Gasteiger partial charge >= 0.3 is 5.69 Å². The minimum atomic E-state index is -0.539. The molecule has 0 aliphatic rings. The molecule has 0 aliphatic heterocycles. The molecule has 5 heteroatoms. The number of hydrogen-bond donors (Lipinski definition) is 1. The van der Waals surface area contributed by atoms with Crippen molar-refractivity contribution in [2.45, 2.75) is 19.4 Å². The molecule has 0 unspecified atom stereocenters. The summed E-state index contributed by atoms with van der Waals surface area (Å²) in [6.07, 6.45) is 0. The maximum absolute atomic E-state index is 10.6. The second kappa shape index (κ2) is 3.86. The van der Waals surface area contributed by atoms with E-state index in [2.05, 4.69) is 0 Å². The van der Waals surface area contributed by atoms with Crippen molar-refractivity contribution in [2.24, 2.45) is 5.73 Å². The van der Waals surface area contributed by atoms with Crippen molar-refractivity contribution < 1.29 is 9.66 Å². The molecule has 0 amide bonds. The molecule has 1 rings (SSSR count). The van der Waals surface area contributed by atoms with Crippen LogP contribution in [-0.4, -0.2) is 12.0 Å². The van der Waals surface area contributed by atoms with Gasteiger partial charge in [-0.15, -0.1) is 0 Å². The first kappa shape index (κ1) is 11.5. The van der Waals surface area contributed by atoms with E-state index in [-0.39, 0.29) is 11.4 Å². The highest BCUT2D eigenvalue weighted by Crippen LogP contribution is 2.30. The average Bonchev–Trinajstić information content (AvgIpc) is 2.15. The zero-order chi connectivity index (χ0) is 11.6. The van der Waals surface area contributed by atoms with Crippen LogP contribution in [0.2, 0.25) is 0 Å². The Labute approximate surface area is 88.0 Å². The zero-order valence-corrected chi connectivity index (χ0v) is 8.98. The molecule has 0 saturated carbocycles. The molecule has 0 radical (unpaired) electrons. The Morgan fingerprint density at radius 1 is 1.47 bits per heavy atom. The van der Waals surface area contributed by atoms with E-state index in [0.717, 1.165) is 5.56 Å². The van der Waals surface area contributed by atoms with Gasteiger partial charge in [-0.3, -0.25) is 10.1 Å². The number of nitrogens with two attached hydrogens (primary N) is 1. The Morgan fingerprint density at radius 2 is 2.07 bits per heavy atom. The number of ether oxygens (including phenoxy) is 1. The summed E-state index contributed by atoms with van der Waals surface area (Å²) >= 11 is 0. The first-order valence-corrected chi connectivity index (χ1v) is 4.48. The van der Waals surface area contributed by atoms with E-state index in [0.29, 0.717) is 0 Å². The lowest BCUT2D eigenvalue weighted by atomic mass is 9.95. The summed E-state index contributed by atoms with van der Waals surface area (Å²) in [6, 6.07) is 4.64.